The normalized spacial score (nSPS) is 31.1. The Kier molecular flexibility index (Phi) is 5.12. The predicted octanol–water partition coefficient (Wildman–Crippen LogP) is 4.16. The molecule has 0 radical (unpaired) electrons. The first-order valence-electron chi connectivity index (χ1n) is 10.7. The molecule has 1 aromatic rings. The summed E-state index contributed by atoms with van der Waals surface area (Å²) in [6.45, 7) is 10.3. The van der Waals surface area contributed by atoms with Crippen molar-refractivity contribution < 1.29 is 9.53 Å². The zero-order valence-corrected chi connectivity index (χ0v) is 18.9. The number of hydrogen-bond donors (Lipinski definition) is 2. The molecule has 0 saturated heterocycles. The standard InChI is InChI=1S/C23H33N3O2S/c1-13(2)14-6-8-18-16(10-14)23(12-29-21(24)26-23)17-11-15(7-9-19(17)28-18)25-20(27)22(3,4)5/h6,8,10,13,15,17,19H,7,9,11-12H2,1-5H3,(H2,24,26)(H,25,27)/t15?,17?,19-,23-/m0/s1. The summed E-state index contributed by atoms with van der Waals surface area (Å²) >= 11 is 1.64. The van der Waals surface area contributed by atoms with E-state index in [2.05, 4.69) is 37.4 Å². The molecule has 4 rings (SSSR count). The topological polar surface area (TPSA) is 76.7 Å². The minimum atomic E-state index is -0.387. The van der Waals surface area contributed by atoms with Gasteiger partial charge in [-0.05, 0) is 42.9 Å². The van der Waals surface area contributed by atoms with Crippen LogP contribution in [-0.2, 0) is 10.3 Å². The second-order valence-electron chi connectivity index (χ2n) is 10.1. The number of carbonyl (C=O) groups is 1. The van der Waals surface area contributed by atoms with Crippen LogP contribution in [0.3, 0.4) is 0 Å². The molecule has 0 bridgehead atoms. The van der Waals surface area contributed by atoms with E-state index in [1.807, 2.05) is 20.8 Å². The fraction of sp³-hybridized carbons (Fsp3) is 0.652. The highest BCUT2D eigenvalue weighted by molar-refractivity contribution is 8.14. The fourth-order valence-electron chi connectivity index (χ4n) is 4.80. The van der Waals surface area contributed by atoms with Crippen molar-refractivity contribution in [3.63, 3.8) is 0 Å². The average Bonchev–Trinajstić information content (AvgIpc) is 3.04. The summed E-state index contributed by atoms with van der Waals surface area (Å²) in [5, 5.41) is 3.94. The van der Waals surface area contributed by atoms with Gasteiger partial charge in [0, 0.05) is 28.7 Å². The highest BCUT2D eigenvalue weighted by Gasteiger charge is 2.54. The minimum absolute atomic E-state index is 0.109. The van der Waals surface area contributed by atoms with E-state index in [1.165, 1.54) is 11.1 Å². The number of benzene rings is 1. The summed E-state index contributed by atoms with van der Waals surface area (Å²) in [5.41, 5.74) is 7.91. The van der Waals surface area contributed by atoms with Crippen LogP contribution in [0.15, 0.2) is 23.2 Å². The number of ether oxygens (including phenoxy) is 1. The quantitative estimate of drug-likeness (QED) is 0.760. The highest BCUT2D eigenvalue weighted by atomic mass is 32.2. The number of nitrogens with zero attached hydrogens (tertiary/aromatic N) is 1. The minimum Gasteiger partial charge on any atom is -0.490 e. The van der Waals surface area contributed by atoms with E-state index in [4.69, 9.17) is 15.5 Å². The lowest BCUT2D eigenvalue weighted by atomic mass is 9.67. The third-order valence-corrected chi connectivity index (χ3v) is 7.55. The van der Waals surface area contributed by atoms with E-state index in [0.29, 0.717) is 11.1 Å². The van der Waals surface area contributed by atoms with Crippen molar-refractivity contribution in [3.05, 3.63) is 29.3 Å². The Hall–Kier alpha value is -1.69. The maximum Gasteiger partial charge on any atom is 0.225 e. The van der Waals surface area contributed by atoms with Crippen LogP contribution in [0, 0.1) is 11.3 Å². The predicted molar refractivity (Wildman–Crippen MR) is 119 cm³/mol. The Balaban J connectivity index is 1.70. The Bertz CT molecular complexity index is 845. The maximum absolute atomic E-state index is 12.6. The van der Waals surface area contributed by atoms with Crippen LogP contribution < -0.4 is 15.8 Å². The van der Waals surface area contributed by atoms with Crippen LogP contribution >= 0.6 is 11.8 Å². The molecule has 3 aliphatic rings. The average molecular weight is 416 g/mol. The summed E-state index contributed by atoms with van der Waals surface area (Å²) < 4.78 is 6.48. The third kappa shape index (κ3) is 3.65. The monoisotopic (exact) mass is 415 g/mol. The van der Waals surface area contributed by atoms with Gasteiger partial charge in [-0.3, -0.25) is 4.79 Å². The molecule has 2 heterocycles. The van der Waals surface area contributed by atoms with Crippen molar-refractivity contribution in [1.29, 1.82) is 0 Å². The van der Waals surface area contributed by atoms with Crippen LogP contribution in [0.2, 0.25) is 0 Å². The Morgan fingerprint density at radius 3 is 2.72 bits per heavy atom. The SMILES string of the molecule is CC(C)c1ccc2c(c1)[C@@]1(CSC(N)=N1)C1CC(NC(=O)C(C)(C)C)CC[C@@H]1O2. The zero-order chi connectivity index (χ0) is 21.0. The fourth-order valence-corrected chi connectivity index (χ4v) is 5.83. The molecule has 1 fully saturated rings. The van der Waals surface area contributed by atoms with E-state index in [1.54, 1.807) is 11.8 Å². The lowest BCUT2D eigenvalue weighted by molar-refractivity contribution is -0.130. The maximum atomic E-state index is 12.6. The number of rotatable bonds is 2. The van der Waals surface area contributed by atoms with Gasteiger partial charge in [0.25, 0.3) is 0 Å². The van der Waals surface area contributed by atoms with Crippen molar-refractivity contribution >= 4 is 22.8 Å². The number of hydrogen-bond acceptors (Lipinski definition) is 5. The lowest BCUT2D eigenvalue weighted by Gasteiger charge is -2.49. The molecule has 1 aliphatic carbocycles. The Labute approximate surface area is 178 Å². The van der Waals surface area contributed by atoms with Gasteiger partial charge >= 0.3 is 0 Å². The van der Waals surface area contributed by atoms with E-state index in [-0.39, 0.29) is 34.9 Å². The van der Waals surface area contributed by atoms with Gasteiger partial charge in [-0.15, -0.1) is 0 Å². The summed E-state index contributed by atoms with van der Waals surface area (Å²) in [7, 11) is 0. The molecule has 158 valence electrons. The molecule has 1 aromatic carbocycles. The summed E-state index contributed by atoms with van der Waals surface area (Å²) in [6.07, 6.45) is 2.85. The first-order valence-corrected chi connectivity index (χ1v) is 11.7. The molecule has 1 amide bonds. The number of carbonyl (C=O) groups excluding carboxylic acids is 1. The molecular weight excluding hydrogens is 382 g/mol. The van der Waals surface area contributed by atoms with Gasteiger partial charge in [0.15, 0.2) is 5.17 Å². The van der Waals surface area contributed by atoms with Crippen LogP contribution in [0.5, 0.6) is 5.75 Å². The van der Waals surface area contributed by atoms with Crippen molar-refractivity contribution in [1.82, 2.24) is 5.32 Å². The van der Waals surface area contributed by atoms with Gasteiger partial charge in [0.2, 0.25) is 5.91 Å². The summed E-state index contributed by atoms with van der Waals surface area (Å²) in [5.74, 6) is 2.56. The molecule has 3 N–H and O–H groups in total. The van der Waals surface area contributed by atoms with Crippen LogP contribution in [-0.4, -0.2) is 29.0 Å². The number of nitrogens with one attached hydrogen (secondary N) is 1. The number of thioether (sulfide) groups is 1. The van der Waals surface area contributed by atoms with E-state index in [0.717, 1.165) is 30.8 Å². The molecule has 4 atom stereocenters. The molecule has 5 nitrogen and oxygen atoms in total. The van der Waals surface area contributed by atoms with Gasteiger partial charge in [-0.25, -0.2) is 4.99 Å². The first-order chi connectivity index (χ1) is 13.6. The van der Waals surface area contributed by atoms with Gasteiger partial charge in [-0.2, -0.15) is 0 Å². The largest absolute Gasteiger partial charge is 0.490 e. The highest BCUT2D eigenvalue weighted by Crippen LogP contribution is 2.54. The number of fused-ring (bicyclic) bond motifs is 4. The molecule has 0 aromatic heterocycles. The summed E-state index contributed by atoms with van der Waals surface area (Å²) in [6, 6.07) is 6.71. The van der Waals surface area contributed by atoms with E-state index >= 15 is 0 Å². The van der Waals surface area contributed by atoms with Crippen LogP contribution in [0.4, 0.5) is 0 Å². The van der Waals surface area contributed by atoms with E-state index < -0.39 is 0 Å². The number of aliphatic imine (C=N–C) groups is 1. The van der Waals surface area contributed by atoms with Gasteiger partial charge < -0.3 is 15.8 Å². The third-order valence-electron chi connectivity index (χ3n) is 6.58. The van der Waals surface area contributed by atoms with Crippen molar-refractivity contribution in [2.75, 3.05) is 5.75 Å². The second kappa shape index (κ2) is 7.22. The molecule has 1 saturated carbocycles. The Morgan fingerprint density at radius 2 is 2.10 bits per heavy atom. The van der Waals surface area contributed by atoms with Crippen molar-refractivity contribution in [3.8, 4) is 5.75 Å². The van der Waals surface area contributed by atoms with Gasteiger partial charge in [0.1, 0.15) is 17.4 Å². The van der Waals surface area contributed by atoms with Crippen LogP contribution in [0.1, 0.15) is 70.9 Å². The van der Waals surface area contributed by atoms with Crippen molar-refractivity contribution in [2.45, 2.75) is 77.5 Å². The van der Waals surface area contributed by atoms with E-state index in [9.17, 15) is 4.79 Å². The molecule has 2 aliphatic heterocycles. The van der Waals surface area contributed by atoms with Gasteiger partial charge in [-0.1, -0.05) is 52.4 Å². The molecular formula is C23H33N3O2S. The molecule has 29 heavy (non-hydrogen) atoms. The number of amides is 1. The molecule has 6 heteroatoms. The first kappa shape index (κ1) is 20.6. The van der Waals surface area contributed by atoms with Crippen molar-refractivity contribution in [2.24, 2.45) is 22.1 Å². The number of nitrogens with two attached hydrogens (primary N) is 1. The second-order valence-corrected chi connectivity index (χ2v) is 11.1. The number of amidine groups is 1. The molecule has 1 spiro atoms. The lowest BCUT2D eigenvalue weighted by Crippen LogP contribution is -2.55. The summed E-state index contributed by atoms with van der Waals surface area (Å²) in [4.78, 5) is 17.6. The Morgan fingerprint density at radius 1 is 1.34 bits per heavy atom. The smallest absolute Gasteiger partial charge is 0.225 e. The zero-order valence-electron chi connectivity index (χ0n) is 18.1. The molecule has 2 unspecified atom stereocenters. The van der Waals surface area contributed by atoms with Crippen LogP contribution in [0.25, 0.3) is 0 Å². The van der Waals surface area contributed by atoms with Gasteiger partial charge in [0.05, 0.1) is 0 Å².